The van der Waals surface area contributed by atoms with Crippen LogP contribution in [0.2, 0.25) is 0 Å². The van der Waals surface area contributed by atoms with Gasteiger partial charge in [-0.2, -0.15) is 5.10 Å². The highest BCUT2D eigenvalue weighted by molar-refractivity contribution is 6.03. The van der Waals surface area contributed by atoms with Gasteiger partial charge in [0, 0.05) is 18.1 Å². The minimum atomic E-state index is -4.82. The third kappa shape index (κ3) is 4.93. The van der Waals surface area contributed by atoms with Crippen molar-refractivity contribution in [2.75, 3.05) is 11.9 Å². The second kappa shape index (κ2) is 8.23. The van der Waals surface area contributed by atoms with E-state index >= 15 is 0 Å². The fourth-order valence-electron chi connectivity index (χ4n) is 2.59. The predicted molar refractivity (Wildman–Crippen MR) is 99.0 cm³/mol. The van der Waals surface area contributed by atoms with E-state index in [0.29, 0.717) is 0 Å². The zero-order valence-corrected chi connectivity index (χ0v) is 15.4. The Morgan fingerprint density at radius 2 is 1.70 bits per heavy atom. The third-order valence-electron chi connectivity index (χ3n) is 3.86. The number of anilines is 1. The van der Waals surface area contributed by atoms with Crippen LogP contribution >= 0.6 is 0 Å². The summed E-state index contributed by atoms with van der Waals surface area (Å²) in [6.07, 6.45) is -4.82. The summed E-state index contributed by atoms with van der Waals surface area (Å²) in [5, 5.41) is 6.82. The molecule has 0 bridgehead atoms. The molecule has 2 aromatic carbocycles. The maximum atomic E-state index is 12.4. The number of ether oxygens (including phenoxy) is 2. The Hall–Kier alpha value is -3.89. The van der Waals surface area contributed by atoms with E-state index < -0.39 is 36.2 Å². The van der Waals surface area contributed by atoms with Crippen molar-refractivity contribution in [2.45, 2.75) is 6.36 Å². The molecule has 8 nitrogen and oxygen atoms in total. The maximum Gasteiger partial charge on any atom is 0.573 e. The molecular weight excluding hydrogens is 407 g/mol. The molecule has 1 aromatic heterocycles. The van der Waals surface area contributed by atoms with Crippen LogP contribution in [0, 0.1) is 0 Å². The largest absolute Gasteiger partial charge is 0.573 e. The average Bonchev–Trinajstić information content (AvgIpc) is 2.69. The van der Waals surface area contributed by atoms with E-state index in [0.717, 1.165) is 16.8 Å². The lowest BCUT2D eigenvalue weighted by molar-refractivity contribution is -0.274. The molecule has 3 rings (SSSR count). The summed E-state index contributed by atoms with van der Waals surface area (Å²) in [6.45, 7) is -0.668. The highest BCUT2D eigenvalue weighted by Gasteiger charge is 2.31. The van der Waals surface area contributed by atoms with E-state index in [1.54, 1.807) is 12.1 Å². The molecule has 0 aliphatic carbocycles. The number of carbonyl (C=O) groups is 2. The quantitative estimate of drug-likeness (QED) is 0.636. The molecule has 0 spiro atoms. The van der Waals surface area contributed by atoms with E-state index in [1.807, 2.05) is 0 Å². The highest BCUT2D eigenvalue weighted by atomic mass is 19.4. The van der Waals surface area contributed by atoms with Crippen LogP contribution in [0.4, 0.5) is 18.9 Å². The molecule has 156 valence electrons. The van der Waals surface area contributed by atoms with Crippen LogP contribution in [0.25, 0.3) is 10.8 Å². The van der Waals surface area contributed by atoms with Crippen molar-refractivity contribution >= 4 is 28.3 Å². The molecule has 0 fully saturated rings. The van der Waals surface area contributed by atoms with Crippen LogP contribution in [0.15, 0.2) is 53.3 Å². The lowest BCUT2D eigenvalue weighted by Crippen LogP contribution is -2.26. The fraction of sp³-hybridized carbons (Fsp3) is 0.158. The van der Waals surface area contributed by atoms with Crippen LogP contribution in [0.3, 0.4) is 0 Å². The molecule has 1 N–H and O–H groups in total. The van der Waals surface area contributed by atoms with Gasteiger partial charge in [-0.1, -0.05) is 18.2 Å². The van der Waals surface area contributed by atoms with Crippen molar-refractivity contribution in [1.82, 2.24) is 9.78 Å². The molecule has 0 saturated carbocycles. The molecule has 0 atom stereocenters. The van der Waals surface area contributed by atoms with Crippen molar-refractivity contribution in [1.29, 1.82) is 0 Å². The van der Waals surface area contributed by atoms with Crippen LogP contribution in [0.1, 0.15) is 10.5 Å². The SMILES string of the molecule is Cn1nc(C(=O)OCC(=O)Nc2ccc(OC(F)(F)F)cc2)c2ccccc2c1=O. The van der Waals surface area contributed by atoms with Gasteiger partial charge >= 0.3 is 12.3 Å². The van der Waals surface area contributed by atoms with Gasteiger partial charge in [-0.05, 0) is 30.3 Å². The van der Waals surface area contributed by atoms with Crippen LogP contribution in [-0.2, 0) is 16.6 Å². The van der Waals surface area contributed by atoms with E-state index in [1.165, 1.54) is 31.3 Å². The molecule has 1 amide bonds. The third-order valence-corrected chi connectivity index (χ3v) is 3.86. The van der Waals surface area contributed by atoms with E-state index in [2.05, 4.69) is 15.2 Å². The van der Waals surface area contributed by atoms with Crippen molar-refractivity contribution in [3.63, 3.8) is 0 Å². The summed E-state index contributed by atoms with van der Waals surface area (Å²) in [5.74, 6) is -2.08. The Balaban J connectivity index is 1.64. The van der Waals surface area contributed by atoms with Gasteiger partial charge in [-0.15, -0.1) is 13.2 Å². The van der Waals surface area contributed by atoms with Crippen LogP contribution in [-0.4, -0.2) is 34.6 Å². The Morgan fingerprint density at radius 3 is 2.33 bits per heavy atom. The number of aromatic nitrogens is 2. The van der Waals surface area contributed by atoms with Gasteiger partial charge in [0.15, 0.2) is 12.3 Å². The van der Waals surface area contributed by atoms with E-state index in [4.69, 9.17) is 4.74 Å². The standard InChI is InChI=1S/C19H14F3N3O5/c1-25-17(27)14-5-3-2-4-13(14)16(24-25)18(28)29-10-15(26)23-11-6-8-12(9-7-11)30-19(20,21)22/h2-9H,10H2,1H3,(H,23,26). The number of esters is 1. The number of nitrogens with zero attached hydrogens (tertiary/aromatic N) is 2. The first-order chi connectivity index (χ1) is 14.1. The number of carbonyl (C=O) groups excluding carboxylic acids is 2. The molecule has 0 radical (unpaired) electrons. The van der Waals surface area contributed by atoms with Crippen molar-refractivity contribution in [2.24, 2.45) is 7.05 Å². The lowest BCUT2D eigenvalue weighted by atomic mass is 10.1. The monoisotopic (exact) mass is 421 g/mol. The number of hydrogen-bond acceptors (Lipinski definition) is 6. The van der Waals surface area contributed by atoms with Gasteiger partial charge in [-0.25, -0.2) is 9.48 Å². The molecule has 0 aliphatic rings. The summed E-state index contributed by atoms with van der Waals surface area (Å²) in [5.41, 5.74) is -0.344. The molecule has 1 heterocycles. The number of amides is 1. The normalized spacial score (nSPS) is 11.2. The molecule has 11 heteroatoms. The van der Waals surface area contributed by atoms with Crippen molar-refractivity contribution < 1.29 is 32.2 Å². The first-order valence-electron chi connectivity index (χ1n) is 8.43. The average molecular weight is 421 g/mol. The maximum absolute atomic E-state index is 12.4. The molecular formula is C19H14F3N3O5. The van der Waals surface area contributed by atoms with E-state index in [-0.39, 0.29) is 22.2 Å². The van der Waals surface area contributed by atoms with Crippen LogP contribution < -0.4 is 15.6 Å². The molecule has 0 saturated heterocycles. The van der Waals surface area contributed by atoms with Crippen LogP contribution in [0.5, 0.6) is 5.75 Å². The van der Waals surface area contributed by atoms with Gasteiger partial charge in [0.2, 0.25) is 0 Å². The molecule has 30 heavy (non-hydrogen) atoms. The summed E-state index contributed by atoms with van der Waals surface area (Å²) in [7, 11) is 1.38. The summed E-state index contributed by atoms with van der Waals surface area (Å²) >= 11 is 0. The number of halogens is 3. The van der Waals surface area contributed by atoms with Gasteiger partial charge in [0.1, 0.15) is 5.75 Å². The lowest BCUT2D eigenvalue weighted by Gasteiger charge is -2.10. The molecule has 0 aliphatic heterocycles. The van der Waals surface area contributed by atoms with Gasteiger partial charge in [-0.3, -0.25) is 9.59 Å². The number of aryl methyl sites for hydroxylation is 1. The topological polar surface area (TPSA) is 99.5 Å². The number of fused-ring (bicyclic) bond motifs is 1. The fourth-order valence-corrected chi connectivity index (χ4v) is 2.59. The second-order valence-corrected chi connectivity index (χ2v) is 6.02. The first kappa shape index (κ1) is 20.8. The minimum absolute atomic E-state index is 0.130. The molecule has 3 aromatic rings. The smallest absolute Gasteiger partial charge is 0.451 e. The number of alkyl halides is 3. The van der Waals surface area contributed by atoms with Gasteiger partial charge in [0.25, 0.3) is 11.5 Å². The van der Waals surface area contributed by atoms with Gasteiger partial charge in [0.05, 0.1) is 5.39 Å². The highest BCUT2D eigenvalue weighted by Crippen LogP contribution is 2.24. The minimum Gasteiger partial charge on any atom is -0.451 e. The Morgan fingerprint density at radius 1 is 1.07 bits per heavy atom. The number of hydrogen-bond donors (Lipinski definition) is 1. The first-order valence-corrected chi connectivity index (χ1v) is 8.43. The zero-order chi connectivity index (χ0) is 21.9. The Labute approximate surface area is 166 Å². The summed E-state index contributed by atoms with van der Waals surface area (Å²) in [4.78, 5) is 36.4. The number of nitrogens with one attached hydrogen (secondary N) is 1. The number of benzene rings is 2. The zero-order valence-electron chi connectivity index (χ0n) is 15.4. The number of rotatable bonds is 5. The van der Waals surface area contributed by atoms with Crippen molar-refractivity contribution in [3.8, 4) is 5.75 Å². The summed E-state index contributed by atoms with van der Waals surface area (Å²) in [6, 6.07) is 10.8. The Bertz CT molecular complexity index is 1160. The van der Waals surface area contributed by atoms with Gasteiger partial charge < -0.3 is 14.8 Å². The Kier molecular flexibility index (Phi) is 5.72. The van der Waals surface area contributed by atoms with E-state index in [9.17, 15) is 27.6 Å². The summed E-state index contributed by atoms with van der Waals surface area (Å²) < 4.78 is 46.1. The predicted octanol–water partition coefficient (Wildman–Crippen LogP) is 2.63. The molecule has 0 unspecified atom stereocenters. The van der Waals surface area contributed by atoms with Crippen molar-refractivity contribution in [3.05, 3.63) is 64.6 Å². The second-order valence-electron chi connectivity index (χ2n) is 6.02.